The first-order chi connectivity index (χ1) is 13.1. The van der Waals surface area contributed by atoms with Gasteiger partial charge in [-0.3, -0.25) is 4.79 Å². The summed E-state index contributed by atoms with van der Waals surface area (Å²) in [5.74, 6) is -0.0874. The summed E-state index contributed by atoms with van der Waals surface area (Å²) >= 11 is 6.02. The summed E-state index contributed by atoms with van der Waals surface area (Å²) in [5, 5.41) is 5.26. The summed E-state index contributed by atoms with van der Waals surface area (Å²) < 4.78 is 3.91. The second-order valence-electron chi connectivity index (χ2n) is 6.34. The highest BCUT2D eigenvalue weighted by Crippen LogP contribution is 2.26. The zero-order valence-electron chi connectivity index (χ0n) is 14.9. The van der Waals surface area contributed by atoms with Gasteiger partial charge in [-0.2, -0.15) is 5.10 Å². The fourth-order valence-corrected chi connectivity index (χ4v) is 3.58. The van der Waals surface area contributed by atoms with E-state index in [2.05, 4.69) is 16.2 Å². The first-order valence-electron chi connectivity index (χ1n) is 8.65. The molecule has 2 heterocycles. The number of fused-ring (bicyclic) bond motifs is 3. The van der Waals surface area contributed by atoms with Gasteiger partial charge in [-0.1, -0.05) is 48.0 Å². The van der Waals surface area contributed by atoms with Crippen molar-refractivity contribution in [3.8, 4) is 0 Å². The van der Waals surface area contributed by atoms with E-state index in [4.69, 9.17) is 11.6 Å². The Morgan fingerprint density at radius 1 is 1.19 bits per heavy atom. The maximum atomic E-state index is 13.0. The number of nitrogens with zero attached hydrogens (tertiary/aromatic N) is 3. The molecule has 0 spiro atoms. The van der Waals surface area contributed by atoms with Crippen LogP contribution in [0.15, 0.2) is 67.3 Å². The van der Waals surface area contributed by atoms with Crippen LogP contribution in [-0.2, 0) is 6.54 Å². The Kier molecular flexibility index (Phi) is 4.42. The molecule has 0 unspecified atom stereocenters. The van der Waals surface area contributed by atoms with Crippen molar-refractivity contribution < 1.29 is 4.79 Å². The minimum Gasteiger partial charge on any atom is -0.320 e. The van der Waals surface area contributed by atoms with Crippen LogP contribution < -0.4 is 0 Å². The standard InChI is InChI=1S/C22H18ClN3O/c1-3-13-25-18-9-4-5-10-19(18)26-22(25)21(15(2)24-26)20(27)12-11-16-7-6-8-17(23)14-16/h3-12,14H,1,13H2,2H3. The second kappa shape index (κ2) is 6.89. The van der Waals surface area contributed by atoms with Crippen LogP contribution in [-0.4, -0.2) is 20.0 Å². The molecule has 0 aliphatic carbocycles. The van der Waals surface area contributed by atoms with Gasteiger partial charge in [0.25, 0.3) is 0 Å². The first-order valence-corrected chi connectivity index (χ1v) is 9.03. The molecule has 4 nitrogen and oxygen atoms in total. The zero-order valence-corrected chi connectivity index (χ0v) is 15.6. The topological polar surface area (TPSA) is 39.3 Å². The molecule has 5 heteroatoms. The molecule has 0 aliphatic rings. The van der Waals surface area contributed by atoms with E-state index in [-0.39, 0.29) is 5.78 Å². The molecule has 0 bridgehead atoms. The SMILES string of the molecule is C=CCn1c2ccccc2n2nc(C)c(C(=O)C=Cc3cccc(Cl)c3)c12. The van der Waals surface area contributed by atoms with Gasteiger partial charge in [-0.25, -0.2) is 4.52 Å². The number of aryl methyl sites for hydroxylation is 1. The van der Waals surface area contributed by atoms with Crippen molar-refractivity contribution in [2.75, 3.05) is 0 Å². The zero-order chi connectivity index (χ0) is 19.0. The Balaban J connectivity index is 1.87. The number of aromatic nitrogens is 3. The molecule has 0 fully saturated rings. The number of benzene rings is 2. The Hall–Kier alpha value is -3.11. The molecule has 134 valence electrons. The van der Waals surface area contributed by atoms with Crippen molar-refractivity contribution in [2.45, 2.75) is 13.5 Å². The summed E-state index contributed by atoms with van der Waals surface area (Å²) in [5.41, 5.74) is 4.96. The fraction of sp³-hybridized carbons (Fsp3) is 0.0909. The van der Waals surface area contributed by atoms with Crippen LogP contribution in [0, 0.1) is 6.92 Å². The van der Waals surface area contributed by atoms with E-state index in [1.165, 1.54) is 0 Å². The molecule has 0 N–H and O–H groups in total. The van der Waals surface area contributed by atoms with Gasteiger partial charge in [0.15, 0.2) is 5.78 Å². The largest absolute Gasteiger partial charge is 0.320 e. The predicted molar refractivity (Wildman–Crippen MR) is 110 cm³/mol. The molecule has 4 aromatic rings. The fourth-order valence-electron chi connectivity index (χ4n) is 3.39. The van der Waals surface area contributed by atoms with Crippen LogP contribution in [0.2, 0.25) is 5.02 Å². The number of carbonyl (C=O) groups is 1. The first kappa shape index (κ1) is 17.3. The minimum absolute atomic E-state index is 0.0874. The normalized spacial score (nSPS) is 11.6. The van der Waals surface area contributed by atoms with Crippen LogP contribution in [0.3, 0.4) is 0 Å². The van der Waals surface area contributed by atoms with Crippen LogP contribution in [0.25, 0.3) is 22.8 Å². The monoisotopic (exact) mass is 375 g/mol. The number of hydrogen-bond donors (Lipinski definition) is 0. The molecule has 0 saturated heterocycles. The molecule has 27 heavy (non-hydrogen) atoms. The van der Waals surface area contributed by atoms with E-state index in [1.807, 2.05) is 60.0 Å². The molecule has 0 atom stereocenters. The van der Waals surface area contributed by atoms with Crippen molar-refractivity contribution in [1.82, 2.24) is 14.2 Å². The number of rotatable bonds is 5. The van der Waals surface area contributed by atoms with Gasteiger partial charge in [-0.15, -0.1) is 6.58 Å². The molecule has 2 aromatic carbocycles. The third-order valence-electron chi connectivity index (χ3n) is 4.53. The van der Waals surface area contributed by atoms with Gasteiger partial charge in [0.2, 0.25) is 0 Å². The van der Waals surface area contributed by atoms with Gasteiger partial charge in [0, 0.05) is 11.6 Å². The lowest BCUT2D eigenvalue weighted by Crippen LogP contribution is -2.02. The Bertz CT molecular complexity index is 1210. The smallest absolute Gasteiger partial charge is 0.191 e. The highest BCUT2D eigenvalue weighted by molar-refractivity contribution is 6.30. The van der Waals surface area contributed by atoms with Crippen LogP contribution in [0.4, 0.5) is 0 Å². The van der Waals surface area contributed by atoms with E-state index in [0.29, 0.717) is 22.8 Å². The van der Waals surface area contributed by atoms with Crippen LogP contribution in [0.5, 0.6) is 0 Å². The highest BCUT2D eigenvalue weighted by atomic mass is 35.5. The van der Waals surface area contributed by atoms with E-state index < -0.39 is 0 Å². The molecule has 0 aliphatic heterocycles. The molecular weight excluding hydrogens is 358 g/mol. The van der Waals surface area contributed by atoms with Crippen molar-refractivity contribution in [1.29, 1.82) is 0 Å². The number of hydrogen-bond acceptors (Lipinski definition) is 2. The van der Waals surface area contributed by atoms with E-state index in [9.17, 15) is 4.79 Å². The number of carbonyl (C=O) groups excluding carboxylic acids is 1. The van der Waals surface area contributed by atoms with Crippen molar-refractivity contribution >= 4 is 40.1 Å². The number of allylic oxidation sites excluding steroid dienone is 2. The molecule has 4 rings (SSSR count). The molecule has 0 amide bonds. The average Bonchev–Trinajstić information content (AvgIpc) is 3.14. The van der Waals surface area contributed by atoms with Crippen molar-refractivity contribution in [3.63, 3.8) is 0 Å². The van der Waals surface area contributed by atoms with E-state index in [0.717, 1.165) is 22.2 Å². The maximum absolute atomic E-state index is 13.0. The van der Waals surface area contributed by atoms with E-state index >= 15 is 0 Å². The average molecular weight is 376 g/mol. The summed E-state index contributed by atoms with van der Waals surface area (Å²) in [7, 11) is 0. The summed E-state index contributed by atoms with van der Waals surface area (Å²) in [4.78, 5) is 13.0. The lowest BCUT2D eigenvalue weighted by atomic mass is 10.1. The van der Waals surface area contributed by atoms with E-state index in [1.54, 1.807) is 18.2 Å². The van der Waals surface area contributed by atoms with Crippen molar-refractivity contribution in [3.05, 3.63) is 89.1 Å². The van der Waals surface area contributed by atoms with Crippen LogP contribution in [0.1, 0.15) is 21.6 Å². The van der Waals surface area contributed by atoms with Gasteiger partial charge >= 0.3 is 0 Å². The highest BCUT2D eigenvalue weighted by Gasteiger charge is 2.21. The Labute approximate surface area is 162 Å². The van der Waals surface area contributed by atoms with Gasteiger partial charge in [0.1, 0.15) is 5.65 Å². The number of imidazole rings is 1. The number of halogens is 1. The minimum atomic E-state index is -0.0874. The number of ketones is 1. The second-order valence-corrected chi connectivity index (χ2v) is 6.77. The number of para-hydroxylation sites is 2. The summed E-state index contributed by atoms with van der Waals surface area (Å²) in [6.07, 6.45) is 5.17. The third kappa shape index (κ3) is 2.98. The molecular formula is C22H18ClN3O. The quantitative estimate of drug-likeness (QED) is 0.268. The lowest BCUT2D eigenvalue weighted by molar-refractivity contribution is 0.104. The van der Waals surface area contributed by atoms with Gasteiger partial charge < -0.3 is 4.57 Å². The lowest BCUT2D eigenvalue weighted by Gasteiger charge is -2.03. The van der Waals surface area contributed by atoms with Crippen molar-refractivity contribution in [2.24, 2.45) is 0 Å². The summed E-state index contributed by atoms with van der Waals surface area (Å²) in [6.45, 7) is 6.31. The maximum Gasteiger partial charge on any atom is 0.191 e. The summed E-state index contributed by atoms with van der Waals surface area (Å²) in [6, 6.07) is 15.4. The van der Waals surface area contributed by atoms with Crippen LogP contribution >= 0.6 is 11.6 Å². The predicted octanol–water partition coefficient (Wildman–Crippen LogP) is 5.33. The molecule has 0 radical (unpaired) electrons. The van der Waals surface area contributed by atoms with Gasteiger partial charge in [-0.05, 0) is 42.8 Å². The third-order valence-corrected chi connectivity index (χ3v) is 4.76. The Morgan fingerprint density at radius 2 is 1.96 bits per heavy atom. The Morgan fingerprint density at radius 3 is 2.70 bits per heavy atom. The molecule has 0 saturated carbocycles. The van der Waals surface area contributed by atoms with Gasteiger partial charge in [0.05, 0.1) is 22.3 Å². The molecule has 2 aromatic heterocycles.